The molecule has 1 atom stereocenters. The van der Waals surface area contributed by atoms with Crippen molar-refractivity contribution in [2.75, 3.05) is 31.1 Å². The van der Waals surface area contributed by atoms with E-state index in [4.69, 9.17) is 0 Å². The maximum atomic E-state index is 11.1. The number of benzene rings is 1. The molecule has 1 fully saturated rings. The van der Waals surface area contributed by atoms with Crippen molar-refractivity contribution in [3.8, 4) is 16.9 Å². The van der Waals surface area contributed by atoms with Crippen molar-refractivity contribution in [1.29, 1.82) is 0 Å². The molecule has 1 unspecified atom stereocenters. The summed E-state index contributed by atoms with van der Waals surface area (Å²) >= 11 is -2.17. The number of aromatic nitrogens is 5. The summed E-state index contributed by atoms with van der Waals surface area (Å²) in [5, 5.41) is 12.6. The zero-order chi connectivity index (χ0) is 19.8. The molecule has 5 rings (SSSR count). The van der Waals surface area contributed by atoms with Crippen LogP contribution in [0.1, 0.15) is 0 Å². The van der Waals surface area contributed by atoms with Crippen molar-refractivity contribution in [2.45, 2.75) is 0 Å². The molecule has 4 heterocycles. The second kappa shape index (κ2) is 7.39. The number of nitrogens with one attached hydrogen (secondary N) is 1. The Morgan fingerprint density at radius 2 is 1.90 bits per heavy atom. The quantitative estimate of drug-likeness (QED) is 0.516. The molecule has 0 saturated carbocycles. The van der Waals surface area contributed by atoms with E-state index < -0.39 is 11.3 Å². The third-order valence-corrected chi connectivity index (χ3v) is 5.92. The Morgan fingerprint density at radius 3 is 2.66 bits per heavy atom. The van der Waals surface area contributed by atoms with Crippen LogP contribution in [0.5, 0.6) is 0 Å². The fourth-order valence-electron chi connectivity index (χ4n) is 3.59. The first-order valence-electron chi connectivity index (χ1n) is 9.22. The summed E-state index contributed by atoms with van der Waals surface area (Å²) in [5.74, 6) is 0.812. The fraction of sp³-hybridized carbons (Fsp3) is 0.211. The number of rotatable bonds is 4. The van der Waals surface area contributed by atoms with E-state index in [2.05, 4.69) is 31.2 Å². The molecule has 0 aliphatic carbocycles. The Hall–Kier alpha value is -3.08. The lowest BCUT2D eigenvalue weighted by atomic mass is 10.1. The van der Waals surface area contributed by atoms with Crippen LogP contribution in [0.2, 0.25) is 0 Å². The Kier molecular flexibility index (Phi) is 4.58. The van der Waals surface area contributed by atoms with Crippen molar-refractivity contribution in [3.63, 3.8) is 0 Å². The van der Waals surface area contributed by atoms with Crippen LogP contribution in [0.3, 0.4) is 0 Å². The van der Waals surface area contributed by atoms with Crippen LogP contribution in [0.25, 0.3) is 27.8 Å². The molecule has 0 spiro atoms. The smallest absolute Gasteiger partial charge is 0.130 e. The SMILES string of the molecule is O=S([O-])N1CCN(c2cc(-n3ncc4ccc(-c5ccn[nH]5)cc43)ccn2)CC1. The number of fused-ring (bicyclic) bond motifs is 1. The van der Waals surface area contributed by atoms with Crippen molar-refractivity contribution in [1.82, 2.24) is 29.3 Å². The van der Waals surface area contributed by atoms with Crippen molar-refractivity contribution in [2.24, 2.45) is 0 Å². The molecule has 1 aliphatic rings. The van der Waals surface area contributed by atoms with Crippen molar-refractivity contribution >= 4 is 28.0 Å². The minimum Gasteiger partial charge on any atom is -0.760 e. The van der Waals surface area contributed by atoms with Gasteiger partial charge in [0.15, 0.2) is 0 Å². The van der Waals surface area contributed by atoms with Crippen LogP contribution < -0.4 is 4.90 Å². The predicted molar refractivity (Wildman–Crippen MR) is 109 cm³/mol. The minimum absolute atomic E-state index is 0.459. The second-order valence-corrected chi connectivity index (χ2v) is 7.76. The molecule has 1 N–H and O–H groups in total. The summed E-state index contributed by atoms with van der Waals surface area (Å²) < 4.78 is 25.6. The maximum Gasteiger partial charge on any atom is 0.130 e. The molecule has 0 bridgehead atoms. The van der Waals surface area contributed by atoms with Gasteiger partial charge in [-0.2, -0.15) is 10.2 Å². The molecule has 1 aromatic carbocycles. The van der Waals surface area contributed by atoms with E-state index in [1.807, 2.05) is 41.2 Å². The third-order valence-electron chi connectivity index (χ3n) is 5.13. The van der Waals surface area contributed by atoms with E-state index >= 15 is 0 Å². The van der Waals surface area contributed by atoms with Gasteiger partial charge in [-0.25, -0.2) is 14.0 Å². The topological polar surface area (TPSA) is 106 Å². The number of nitrogens with zero attached hydrogens (tertiary/aromatic N) is 6. The molecular formula is C19H18N7O2S-. The van der Waals surface area contributed by atoms with Gasteiger partial charge < -0.3 is 9.45 Å². The number of aromatic amines is 1. The van der Waals surface area contributed by atoms with Gasteiger partial charge in [0.05, 0.1) is 23.1 Å². The summed E-state index contributed by atoms with van der Waals surface area (Å²) in [4.78, 5) is 6.57. The number of piperazine rings is 1. The van der Waals surface area contributed by atoms with Crippen LogP contribution in [0, 0.1) is 0 Å². The highest BCUT2D eigenvalue weighted by molar-refractivity contribution is 7.76. The highest BCUT2D eigenvalue weighted by atomic mass is 32.2. The first-order valence-corrected chi connectivity index (χ1v) is 10.3. The van der Waals surface area contributed by atoms with Crippen molar-refractivity contribution < 1.29 is 8.76 Å². The van der Waals surface area contributed by atoms with Crippen LogP contribution in [-0.4, -0.2) is 64.2 Å². The summed E-state index contributed by atoms with van der Waals surface area (Å²) in [6.45, 7) is 2.13. The lowest BCUT2D eigenvalue weighted by Crippen LogP contribution is -2.47. The fourth-order valence-corrected chi connectivity index (χ4v) is 4.05. The molecule has 0 radical (unpaired) electrons. The molecule has 148 valence electrons. The highest BCUT2D eigenvalue weighted by Crippen LogP contribution is 2.26. The third kappa shape index (κ3) is 3.41. The molecular weight excluding hydrogens is 390 g/mol. The monoisotopic (exact) mass is 408 g/mol. The molecule has 29 heavy (non-hydrogen) atoms. The number of hydrogen-bond donors (Lipinski definition) is 1. The van der Waals surface area contributed by atoms with Crippen LogP contribution >= 0.6 is 0 Å². The Balaban J connectivity index is 1.47. The van der Waals surface area contributed by atoms with E-state index in [1.54, 1.807) is 12.4 Å². The first kappa shape index (κ1) is 18.0. The molecule has 4 aromatic rings. The Morgan fingerprint density at radius 1 is 1.03 bits per heavy atom. The summed E-state index contributed by atoms with van der Waals surface area (Å²) in [5.41, 5.74) is 3.87. The van der Waals surface area contributed by atoms with Gasteiger partial charge in [0, 0.05) is 66.9 Å². The van der Waals surface area contributed by atoms with Gasteiger partial charge in [0.25, 0.3) is 0 Å². The largest absolute Gasteiger partial charge is 0.760 e. The van der Waals surface area contributed by atoms with Gasteiger partial charge in [-0.3, -0.25) is 9.31 Å². The van der Waals surface area contributed by atoms with Gasteiger partial charge in [0.1, 0.15) is 5.82 Å². The molecule has 9 nitrogen and oxygen atoms in total. The standard InChI is InChI=1S/C19H19N7O2S/c27-29(28)25-9-7-24(8-10-25)19-12-16(3-5-20-19)26-18-11-14(17-4-6-21-23-17)1-2-15(18)13-22-26/h1-6,11-13H,7-10H2,(H,21,23)(H,27,28)/p-1. The van der Waals surface area contributed by atoms with E-state index in [-0.39, 0.29) is 0 Å². The van der Waals surface area contributed by atoms with E-state index in [9.17, 15) is 8.76 Å². The summed E-state index contributed by atoms with van der Waals surface area (Å²) in [6.07, 6.45) is 5.33. The number of pyridine rings is 1. The highest BCUT2D eigenvalue weighted by Gasteiger charge is 2.19. The van der Waals surface area contributed by atoms with Crippen LogP contribution in [0.4, 0.5) is 5.82 Å². The summed E-state index contributed by atoms with van der Waals surface area (Å²) in [6, 6.07) is 12.0. The molecule has 10 heteroatoms. The first-order chi connectivity index (χ1) is 14.2. The second-order valence-electron chi connectivity index (χ2n) is 6.81. The molecule has 1 saturated heterocycles. The van der Waals surface area contributed by atoms with Crippen molar-refractivity contribution in [3.05, 3.63) is 55.0 Å². The van der Waals surface area contributed by atoms with Crippen LogP contribution in [-0.2, 0) is 11.3 Å². The molecule has 3 aromatic heterocycles. The molecule has 1 aliphatic heterocycles. The lowest BCUT2D eigenvalue weighted by molar-refractivity contribution is 0.366. The van der Waals surface area contributed by atoms with Gasteiger partial charge in [-0.05, 0) is 18.2 Å². The average molecular weight is 408 g/mol. The predicted octanol–water partition coefficient (Wildman–Crippen LogP) is 1.73. The van der Waals surface area contributed by atoms with Gasteiger partial charge in [0.2, 0.25) is 0 Å². The molecule has 0 amide bonds. The Labute approximate surface area is 169 Å². The zero-order valence-corrected chi connectivity index (χ0v) is 16.2. The van der Waals surface area contributed by atoms with Gasteiger partial charge in [-0.15, -0.1) is 0 Å². The zero-order valence-electron chi connectivity index (χ0n) is 15.4. The van der Waals surface area contributed by atoms with Gasteiger partial charge >= 0.3 is 0 Å². The van der Waals surface area contributed by atoms with Crippen LogP contribution in [0.15, 0.2) is 55.0 Å². The van der Waals surface area contributed by atoms with E-state index in [1.165, 1.54) is 4.31 Å². The summed E-state index contributed by atoms with van der Waals surface area (Å²) in [7, 11) is 0. The van der Waals surface area contributed by atoms with Gasteiger partial charge in [-0.1, -0.05) is 12.1 Å². The average Bonchev–Trinajstić information content (AvgIpc) is 3.43. The number of anilines is 1. The minimum atomic E-state index is -2.17. The normalized spacial score (nSPS) is 16.4. The Bertz CT molecular complexity index is 1170. The number of H-pyrrole nitrogens is 1. The number of hydrogen-bond acceptors (Lipinski definition) is 6. The van der Waals surface area contributed by atoms with E-state index in [0.29, 0.717) is 26.2 Å². The lowest BCUT2D eigenvalue weighted by Gasteiger charge is -2.35. The maximum absolute atomic E-state index is 11.1. The van der Waals surface area contributed by atoms with E-state index in [0.717, 1.165) is 33.7 Å².